The highest BCUT2D eigenvalue weighted by molar-refractivity contribution is 5.19. The average molecular weight is 265 g/mol. The standard InChI is InChI=1S/C15H24FN3/c1-11(2)8-15(5-3-4-6-15)14(19-17)12-7-13(16)10-18-9-12/h7,9-11,14,19H,3-6,8,17H2,1-2H3. The molecule has 1 aromatic rings. The van der Waals surface area contributed by atoms with Gasteiger partial charge in [0.2, 0.25) is 0 Å². The van der Waals surface area contributed by atoms with E-state index in [1.54, 1.807) is 12.3 Å². The van der Waals surface area contributed by atoms with Crippen molar-refractivity contribution in [2.45, 2.75) is 52.0 Å². The van der Waals surface area contributed by atoms with Gasteiger partial charge in [0.15, 0.2) is 0 Å². The predicted molar refractivity (Wildman–Crippen MR) is 74.6 cm³/mol. The molecule has 1 aliphatic rings. The molecule has 0 saturated heterocycles. The zero-order valence-corrected chi connectivity index (χ0v) is 11.8. The first-order valence-electron chi connectivity index (χ1n) is 7.14. The molecule has 1 fully saturated rings. The van der Waals surface area contributed by atoms with Gasteiger partial charge in [-0.15, -0.1) is 0 Å². The van der Waals surface area contributed by atoms with Crippen molar-refractivity contribution >= 4 is 0 Å². The summed E-state index contributed by atoms with van der Waals surface area (Å²) >= 11 is 0. The molecule has 1 heterocycles. The highest BCUT2D eigenvalue weighted by Crippen LogP contribution is 2.51. The molecule has 2 rings (SSSR count). The van der Waals surface area contributed by atoms with Gasteiger partial charge in [-0.3, -0.25) is 16.3 Å². The van der Waals surface area contributed by atoms with Crippen molar-refractivity contribution in [3.05, 3.63) is 29.8 Å². The second-order valence-electron chi connectivity index (χ2n) is 6.20. The van der Waals surface area contributed by atoms with Crippen LogP contribution in [-0.4, -0.2) is 4.98 Å². The zero-order valence-electron chi connectivity index (χ0n) is 11.8. The van der Waals surface area contributed by atoms with E-state index in [9.17, 15) is 4.39 Å². The van der Waals surface area contributed by atoms with E-state index < -0.39 is 0 Å². The number of rotatable bonds is 5. The average Bonchev–Trinajstić information content (AvgIpc) is 2.78. The molecule has 0 amide bonds. The lowest BCUT2D eigenvalue weighted by atomic mass is 9.71. The summed E-state index contributed by atoms with van der Waals surface area (Å²) in [6.07, 6.45) is 8.83. The summed E-state index contributed by atoms with van der Waals surface area (Å²) in [5, 5.41) is 0. The molecular weight excluding hydrogens is 241 g/mol. The van der Waals surface area contributed by atoms with Gasteiger partial charge in [-0.05, 0) is 42.2 Å². The molecule has 0 radical (unpaired) electrons. The molecule has 106 valence electrons. The summed E-state index contributed by atoms with van der Waals surface area (Å²) in [7, 11) is 0. The van der Waals surface area contributed by atoms with Crippen molar-refractivity contribution in [3.8, 4) is 0 Å². The van der Waals surface area contributed by atoms with Crippen LogP contribution in [0.5, 0.6) is 0 Å². The second kappa shape index (κ2) is 5.97. The Morgan fingerprint density at radius 2 is 2.05 bits per heavy atom. The highest BCUT2D eigenvalue weighted by Gasteiger charge is 2.42. The topological polar surface area (TPSA) is 50.9 Å². The van der Waals surface area contributed by atoms with Gasteiger partial charge in [-0.1, -0.05) is 26.7 Å². The van der Waals surface area contributed by atoms with Gasteiger partial charge in [-0.2, -0.15) is 0 Å². The second-order valence-corrected chi connectivity index (χ2v) is 6.20. The summed E-state index contributed by atoms with van der Waals surface area (Å²) < 4.78 is 13.4. The monoisotopic (exact) mass is 265 g/mol. The predicted octanol–water partition coefficient (Wildman–Crippen LogP) is 3.33. The molecule has 4 heteroatoms. The number of aromatic nitrogens is 1. The SMILES string of the molecule is CC(C)CC1(C(NN)c2cncc(F)c2)CCCC1. The minimum Gasteiger partial charge on any atom is -0.271 e. The van der Waals surface area contributed by atoms with Gasteiger partial charge in [0.25, 0.3) is 0 Å². The number of nitrogens with one attached hydrogen (secondary N) is 1. The maximum absolute atomic E-state index is 13.4. The Balaban J connectivity index is 2.32. The zero-order chi connectivity index (χ0) is 13.9. The van der Waals surface area contributed by atoms with E-state index in [2.05, 4.69) is 24.3 Å². The number of nitrogens with zero attached hydrogens (tertiary/aromatic N) is 1. The van der Waals surface area contributed by atoms with Crippen LogP contribution in [0.1, 0.15) is 57.6 Å². The lowest BCUT2D eigenvalue weighted by molar-refractivity contribution is 0.155. The number of pyridine rings is 1. The third kappa shape index (κ3) is 3.12. The maximum Gasteiger partial charge on any atom is 0.141 e. The van der Waals surface area contributed by atoms with Gasteiger partial charge >= 0.3 is 0 Å². The van der Waals surface area contributed by atoms with Gasteiger partial charge in [-0.25, -0.2) is 4.39 Å². The summed E-state index contributed by atoms with van der Waals surface area (Å²) in [6.45, 7) is 4.47. The Morgan fingerprint density at radius 3 is 2.58 bits per heavy atom. The first-order valence-corrected chi connectivity index (χ1v) is 7.14. The van der Waals surface area contributed by atoms with Crippen LogP contribution in [0.25, 0.3) is 0 Å². The van der Waals surface area contributed by atoms with Crippen LogP contribution in [0, 0.1) is 17.2 Å². The van der Waals surface area contributed by atoms with Crippen molar-refractivity contribution in [2.75, 3.05) is 0 Å². The smallest absolute Gasteiger partial charge is 0.141 e. The summed E-state index contributed by atoms with van der Waals surface area (Å²) in [4.78, 5) is 3.96. The Morgan fingerprint density at radius 1 is 1.37 bits per heavy atom. The Bertz CT molecular complexity index is 414. The summed E-state index contributed by atoms with van der Waals surface area (Å²) in [5.41, 5.74) is 3.93. The third-order valence-corrected chi connectivity index (χ3v) is 4.25. The fourth-order valence-electron chi connectivity index (χ4n) is 3.72. The van der Waals surface area contributed by atoms with E-state index in [-0.39, 0.29) is 17.3 Å². The molecular formula is C15H24FN3. The molecule has 1 aromatic heterocycles. The molecule has 0 aromatic carbocycles. The molecule has 0 spiro atoms. The van der Waals surface area contributed by atoms with Crippen molar-refractivity contribution in [3.63, 3.8) is 0 Å². The van der Waals surface area contributed by atoms with E-state index in [1.165, 1.54) is 19.0 Å². The molecule has 3 nitrogen and oxygen atoms in total. The molecule has 3 N–H and O–H groups in total. The Hall–Kier alpha value is -1.00. The Kier molecular flexibility index (Phi) is 4.53. The molecule has 1 unspecified atom stereocenters. The van der Waals surface area contributed by atoms with Gasteiger partial charge in [0.1, 0.15) is 5.82 Å². The van der Waals surface area contributed by atoms with E-state index in [1.807, 2.05) is 0 Å². The van der Waals surface area contributed by atoms with Crippen molar-refractivity contribution in [2.24, 2.45) is 17.2 Å². The molecule has 1 atom stereocenters. The molecule has 0 bridgehead atoms. The largest absolute Gasteiger partial charge is 0.271 e. The number of hydrazine groups is 1. The van der Waals surface area contributed by atoms with E-state index in [0.717, 1.165) is 24.8 Å². The van der Waals surface area contributed by atoms with E-state index >= 15 is 0 Å². The van der Waals surface area contributed by atoms with Crippen LogP contribution in [-0.2, 0) is 0 Å². The lowest BCUT2D eigenvalue weighted by Crippen LogP contribution is -2.41. The third-order valence-electron chi connectivity index (χ3n) is 4.25. The van der Waals surface area contributed by atoms with E-state index in [0.29, 0.717) is 5.92 Å². The molecule has 19 heavy (non-hydrogen) atoms. The van der Waals surface area contributed by atoms with Gasteiger partial charge < -0.3 is 0 Å². The van der Waals surface area contributed by atoms with Crippen molar-refractivity contribution in [1.29, 1.82) is 0 Å². The summed E-state index contributed by atoms with van der Waals surface area (Å²) in [6, 6.07) is 1.54. The molecule has 1 saturated carbocycles. The van der Waals surface area contributed by atoms with Gasteiger partial charge in [0, 0.05) is 6.20 Å². The number of nitrogens with two attached hydrogens (primary N) is 1. The van der Waals surface area contributed by atoms with Crippen molar-refractivity contribution in [1.82, 2.24) is 10.4 Å². The molecule has 0 aliphatic heterocycles. The highest BCUT2D eigenvalue weighted by atomic mass is 19.1. The quantitative estimate of drug-likeness (QED) is 0.634. The molecule has 1 aliphatic carbocycles. The van der Waals surface area contributed by atoms with Crippen LogP contribution in [0.4, 0.5) is 4.39 Å². The van der Waals surface area contributed by atoms with Crippen LogP contribution in [0.3, 0.4) is 0 Å². The minimum absolute atomic E-state index is 0.0133. The minimum atomic E-state index is -0.296. The van der Waals surface area contributed by atoms with Crippen LogP contribution in [0.15, 0.2) is 18.5 Å². The van der Waals surface area contributed by atoms with Gasteiger partial charge in [0.05, 0.1) is 12.2 Å². The number of hydrogen-bond donors (Lipinski definition) is 2. The maximum atomic E-state index is 13.4. The normalized spacial score (nSPS) is 19.8. The fourth-order valence-corrected chi connectivity index (χ4v) is 3.72. The number of hydrogen-bond acceptors (Lipinski definition) is 3. The van der Waals surface area contributed by atoms with Crippen LogP contribution < -0.4 is 11.3 Å². The van der Waals surface area contributed by atoms with Crippen LogP contribution in [0.2, 0.25) is 0 Å². The first-order chi connectivity index (χ1) is 9.07. The van der Waals surface area contributed by atoms with Crippen LogP contribution >= 0.6 is 0 Å². The van der Waals surface area contributed by atoms with Crippen molar-refractivity contribution < 1.29 is 4.39 Å². The van der Waals surface area contributed by atoms with E-state index in [4.69, 9.17) is 5.84 Å². The number of halogens is 1. The fraction of sp³-hybridized carbons (Fsp3) is 0.667. The first kappa shape index (κ1) is 14.4. The summed E-state index contributed by atoms with van der Waals surface area (Å²) in [5.74, 6) is 6.11. The lowest BCUT2D eigenvalue weighted by Gasteiger charge is -2.39. The Labute approximate surface area is 114 Å².